The zero-order chi connectivity index (χ0) is 22.0. The number of pyridine rings is 1. The zero-order valence-corrected chi connectivity index (χ0v) is 17.5. The number of nitrogens with zero attached hydrogens (tertiary/aromatic N) is 2. The Labute approximate surface area is 179 Å². The van der Waals surface area contributed by atoms with Crippen LogP contribution in [0, 0.1) is 18.3 Å². The molecule has 1 amide bonds. The molecule has 0 fully saturated rings. The molecule has 2 aromatic carbocycles. The summed E-state index contributed by atoms with van der Waals surface area (Å²) in [5.74, 6) is -0.528. The molecule has 0 radical (unpaired) electrons. The third-order valence-electron chi connectivity index (χ3n) is 4.87. The molecule has 0 atom stereocenters. The first-order chi connectivity index (χ1) is 14.9. The number of carbonyl (C=O) groups excluding carboxylic acids is 1. The van der Waals surface area contributed by atoms with Gasteiger partial charge in [0.2, 0.25) is 10.0 Å². The molecule has 31 heavy (non-hydrogen) atoms. The Bertz CT molecular complexity index is 1430. The number of amides is 1. The number of aryl methyl sites for hydroxylation is 1. The zero-order valence-electron chi connectivity index (χ0n) is 16.7. The molecule has 2 heterocycles. The fourth-order valence-electron chi connectivity index (χ4n) is 3.49. The Morgan fingerprint density at radius 1 is 1.06 bits per heavy atom. The second-order valence-electron chi connectivity index (χ2n) is 7.13. The Balaban J connectivity index is 1.71. The van der Waals surface area contributed by atoms with Gasteiger partial charge in [-0.15, -0.1) is 0 Å². The van der Waals surface area contributed by atoms with Crippen molar-refractivity contribution in [2.45, 2.75) is 12.7 Å². The number of hydrogen-bond donors (Lipinski definition) is 1. The van der Waals surface area contributed by atoms with E-state index in [-0.39, 0.29) is 17.9 Å². The summed E-state index contributed by atoms with van der Waals surface area (Å²) in [4.78, 5) is 13.1. The molecule has 4 rings (SSSR count). The van der Waals surface area contributed by atoms with E-state index in [1.807, 2.05) is 37.3 Å². The Morgan fingerprint density at radius 3 is 2.55 bits per heavy atom. The summed E-state index contributed by atoms with van der Waals surface area (Å²) in [6.07, 6.45) is 1.67. The predicted molar refractivity (Wildman–Crippen MR) is 117 cm³/mol. The van der Waals surface area contributed by atoms with E-state index in [1.165, 1.54) is 0 Å². The standard InChI is InChI=1S/C23H19N3O4S/c1-16-6-8-17(9-7-16)15-31(28,29)25-23(27)22-19-4-2-3-5-20(19)26-14-18(30-13-12-24)10-11-21(22)26/h2-11,14H,13,15H2,1H3,(H,25,27). The molecule has 0 aliphatic carbocycles. The molecule has 0 bridgehead atoms. The van der Waals surface area contributed by atoms with Gasteiger partial charge in [-0.2, -0.15) is 5.26 Å². The molecule has 0 aliphatic rings. The minimum atomic E-state index is -3.90. The van der Waals surface area contributed by atoms with Gasteiger partial charge in [-0.25, -0.2) is 13.1 Å². The summed E-state index contributed by atoms with van der Waals surface area (Å²) < 4.78 is 34.6. The molecule has 8 heteroatoms. The fourth-order valence-corrected chi connectivity index (χ4v) is 4.58. The first-order valence-corrected chi connectivity index (χ1v) is 11.2. The van der Waals surface area contributed by atoms with E-state index >= 15 is 0 Å². The van der Waals surface area contributed by atoms with E-state index < -0.39 is 15.9 Å². The first-order valence-electron chi connectivity index (χ1n) is 9.51. The van der Waals surface area contributed by atoms with Gasteiger partial charge in [-0.05, 0) is 30.7 Å². The van der Waals surface area contributed by atoms with Gasteiger partial charge in [0.15, 0.2) is 6.61 Å². The second kappa shape index (κ2) is 8.13. The van der Waals surface area contributed by atoms with E-state index in [0.717, 1.165) is 11.1 Å². The van der Waals surface area contributed by atoms with Crippen LogP contribution in [0.4, 0.5) is 0 Å². The maximum Gasteiger partial charge on any atom is 0.267 e. The van der Waals surface area contributed by atoms with Crippen LogP contribution in [0.15, 0.2) is 66.9 Å². The van der Waals surface area contributed by atoms with Crippen LogP contribution in [0.5, 0.6) is 5.75 Å². The van der Waals surface area contributed by atoms with Crippen molar-refractivity contribution in [3.05, 3.63) is 83.6 Å². The maximum absolute atomic E-state index is 13.1. The summed E-state index contributed by atoms with van der Waals surface area (Å²) in [5.41, 5.74) is 3.14. The Morgan fingerprint density at radius 2 is 1.81 bits per heavy atom. The summed E-state index contributed by atoms with van der Waals surface area (Å²) in [5, 5.41) is 9.34. The number of benzene rings is 2. The first kappa shape index (κ1) is 20.4. The van der Waals surface area contributed by atoms with Gasteiger partial charge in [-0.1, -0.05) is 48.0 Å². The highest BCUT2D eigenvalue weighted by atomic mass is 32.2. The molecule has 0 aliphatic heterocycles. The van der Waals surface area contributed by atoms with Crippen molar-refractivity contribution < 1.29 is 17.9 Å². The highest BCUT2D eigenvalue weighted by Gasteiger charge is 2.23. The lowest BCUT2D eigenvalue weighted by atomic mass is 10.1. The normalized spacial score (nSPS) is 11.4. The van der Waals surface area contributed by atoms with Crippen molar-refractivity contribution in [3.63, 3.8) is 0 Å². The highest BCUT2D eigenvalue weighted by Crippen LogP contribution is 2.29. The molecule has 0 unspecified atom stereocenters. The quantitative estimate of drug-likeness (QED) is 0.501. The number of nitriles is 1. The van der Waals surface area contributed by atoms with Crippen LogP contribution in [0.3, 0.4) is 0 Å². The summed E-state index contributed by atoms with van der Waals surface area (Å²) in [6, 6.07) is 19.5. The van der Waals surface area contributed by atoms with E-state index in [2.05, 4.69) is 4.72 Å². The number of rotatable bonds is 6. The Kier molecular flexibility index (Phi) is 5.36. The van der Waals surface area contributed by atoms with Gasteiger partial charge in [-0.3, -0.25) is 4.79 Å². The highest BCUT2D eigenvalue weighted by molar-refractivity contribution is 7.89. The van der Waals surface area contributed by atoms with E-state index in [1.54, 1.807) is 47.0 Å². The molecular weight excluding hydrogens is 414 g/mol. The van der Waals surface area contributed by atoms with Gasteiger partial charge >= 0.3 is 0 Å². The summed E-state index contributed by atoms with van der Waals surface area (Å²) >= 11 is 0. The molecule has 0 saturated carbocycles. The number of fused-ring (bicyclic) bond motifs is 3. The molecule has 0 saturated heterocycles. The van der Waals surface area contributed by atoms with E-state index in [4.69, 9.17) is 10.00 Å². The van der Waals surface area contributed by atoms with Crippen molar-refractivity contribution in [1.82, 2.24) is 9.12 Å². The van der Waals surface area contributed by atoms with Crippen LogP contribution in [0.1, 0.15) is 21.5 Å². The van der Waals surface area contributed by atoms with E-state index in [0.29, 0.717) is 22.2 Å². The molecule has 1 N–H and O–H groups in total. The van der Waals surface area contributed by atoms with Crippen LogP contribution < -0.4 is 9.46 Å². The number of sulfonamides is 1. The molecule has 0 spiro atoms. The van der Waals surface area contributed by atoms with E-state index in [9.17, 15) is 13.2 Å². The largest absolute Gasteiger partial charge is 0.477 e. The van der Waals surface area contributed by atoms with Crippen LogP contribution >= 0.6 is 0 Å². The summed E-state index contributed by atoms with van der Waals surface area (Å²) in [7, 11) is -3.90. The smallest absolute Gasteiger partial charge is 0.267 e. The van der Waals surface area contributed by atoms with Crippen molar-refractivity contribution >= 4 is 32.4 Å². The average Bonchev–Trinajstić information content (AvgIpc) is 3.07. The van der Waals surface area contributed by atoms with Crippen LogP contribution in [-0.4, -0.2) is 25.3 Å². The summed E-state index contributed by atoms with van der Waals surface area (Å²) in [6.45, 7) is 1.81. The molecule has 2 aromatic heterocycles. The van der Waals surface area contributed by atoms with Gasteiger partial charge < -0.3 is 9.14 Å². The average molecular weight is 433 g/mol. The molecule has 156 valence electrons. The third-order valence-corrected chi connectivity index (χ3v) is 6.08. The van der Waals surface area contributed by atoms with Crippen LogP contribution in [0.25, 0.3) is 16.4 Å². The van der Waals surface area contributed by atoms with Gasteiger partial charge in [0.25, 0.3) is 5.91 Å². The predicted octanol–water partition coefficient (Wildman–Crippen LogP) is 3.56. The van der Waals surface area contributed by atoms with Crippen molar-refractivity contribution in [1.29, 1.82) is 5.26 Å². The second-order valence-corrected chi connectivity index (χ2v) is 8.86. The SMILES string of the molecule is Cc1ccc(CS(=O)(=O)NC(=O)c2c3ccccc3n3cc(OCC#N)ccc23)cc1. The lowest BCUT2D eigenvalue weighted by Crippen LogP contribution is -2.31. The molecular formula is C23H19N3O4S. The maximum atomic E-state index is 13.1. The van der Waals surface area contributed by atoms with Crippen molar-refractivity contribution in [3.8, 4) is 11.8 Å². The fraction of sp³-hybridized carbons (Fsp3) is 0.130. The van der Waals surface area contributed by atoms with Gasteiger partial charge in [0.1, 0.15) is 11.8 Å². The van der Waals surface area contributed by atoms with Crippen molar-refractivity contribution in [2.24, 2.45) is 0 Å². The van der Waals surface area contributed by atoms with Crippen LogP contribution in [0.2, 0.25) is 0 Å². The van der Waals surface area contributed by atoms with Gasteiger partial charge in [0, 0.05) is 5.39 Å². The lowest BCUT2D eigenvalue weighted by molar-refractivity contribution is 0.0984. The number of carbonyl (C=O) groups is 1. The lowest BCUT2D eigenvalue weighted by Gasteiger charge is -2.08. The number of ether oxygens (including phenoxy) is 1. The number of nitrogens with one attached hydrogen (secondary N) is 1. The van der Waals surface area contributed by atoms with Gasteiger partial charge in [0.05, 0.1) is 28.5 Å². The monoisotopic (exact) mass is 433 g/mol. The Hall–Kier alpha value is -3.83. The van der Waals surface area contributed by atoms with Crippen molar-refractivity contribution in [2.75, 3.05) is 6.61 Å². The minimum absolute atomic E-state index is 0.102. The topological polar surface area (TPSA) is 101 Å². The minimum Gasteiger partial charge on any atom is -0.477 e. The number of hydrogen-bond acceptors (Lipinski definition) is 5. The third kappa shape index (κ3) is 4.22. The number of para-hydroxylation sites is 1. The van der Waals surface area contributed by atoms with Crippen LogP contribution in [-0.2, 0) is 15.8 Å². The number of aromatic nitrogens is 1. The molecule has 4 aromatic rings. The molecule has 7 nitrogen and oxygen atoms in total.